The van der Waals surface area contributed by atoms with Gasteiger partial charge < -0.3 is 10.2 Å². The molecule has 71 heavy (non-hydrogen) atoms. The van der Waals surface area contributed by atoms with Crippen molar-refractivity contribution < 1.29 is 48.2 Å². The quantitative estimate of drug-likeness (QED) is 0.0308. The van der Waals surface area contributed by atoms with E-state index in [4.69, 9.17) is 0 Å². The zero-order valence-corrected chi connectivity index (χ0v) is 38.5. The third-order valence-corrected chi connectivity index (χ3v) is 12.8. The Labute approximate surface area is 404 Å². The van der Waals surface area contributed by atoms with E-state index in [2.05, 4.69) is 15.8 Å². The van der Waals surface area contributed by atoms with Crippen LogP contribution in [0.25, 0.3) is 21.5 Å². The summed E-state index contributed by atoms with van der Waals surface area (Å²) in [5, 5.41) is 32.2. The number of carbonyl (C=O) groups is 8. The van der Waals surface area contributed by atoms with Crippen molar-refractivity contribution in [1.29, 1.82) is 0 Å². The van der Waals surface area contributed by atoms with Crippen molar-refractivity contribution in [2.24, 2.45) is 5.10 Å². The number of non-ortho nitro benzene ring substituents is 2. The number of hydrogen-bond donors (Lipinski definition) is 2. The summed E-state index contributed by atoms with van der Waals surface area (Å²) >= 11 is 0. The summed E-state index contributed by atoms with van der Waals surface area (Å²) in [6.45, 7) is 2.15. The van der Waals surface area contributed by atoms with Gasteiger partial charge in [-0.3, -0.25) is 73.3 Å². The van der Waals surface area contributed by atoms with Crippen molar-refractivity contribution in [3.63, 3.8) is 0 Å². The number of amides is 8. The third-order valence-electron chi connectivity index (χ3n) is 12.8. The van der Waals surface area contributed by atoms with Gasteiger partial charge in [0.05, 0.1) is 26.7 Å². The summed E-state index contributed by atoms with van der Waals surface area (Å²) in [5.74, 6) is -3.67. The van der Waals surface area contributed by atoms with Gasteiger partial charge >= 0.3 is 0 Å². The molecular weight excluding hydrogens is 919 g/mol. The van der Waals surface area contributed by atoms with Crippen molar-refractivity contribution >= 4 is 85.9 Å². The van der Waals surface area contributed by atoms with Crippen LogP contribution in [0, 0.1) is 20.2 Å². The molecule has 3 aliphatic rings. The number of imide groups is 3. The fourth-order valence-corrected chi connectivity index (χ4v) is 9.06. The summed E-state index contributed by atoms with van der Waals surface area (Å²) in [7, 11) is 0. The highest BCUT2D eigenvalue weighted by atomic mass is 16.6. The molecule has 2 N–H and O–H groups in total. The first kappa shape index (κ1) is 48.9. The molecule has 21 heteroatoms. The van der Waals surface area contributed by atoms with Gasteiger partial charge in [0, 0.05) is 110 Å². The molecule has 1 saturated heterocycles. The molecule has 0 unspecified atom stereocenters. The highest BCUT2D eigenvalue weighted by Gasteiger charge is 2.36. The molecule has 0 atom stereocenters. The smallest absolute Gasteiger partial charge is 0.270 e. The predicted molar refractivity (Wildman–Crippen MR) is 257 cm³/mol. The molecule has 5 aromatic rings. The Balaban J connectivity index is 0.906. The molecule has 0 saturated carbocycles. The second kappa shape index (κ2) is 21.0. The average Bonchev–Trinajstić information content (AvgIpc) is 3.69. The van der Waals surface area contributed by atoms with Gasteiger partial charge in [-0.05, 0) is 73.3 Å². The van der Waals surface area contributed by atoms with Crippen LogP contribution < -0.4 is 10.7 Å². The van der Waals surface area contributed by atoms with E-state index in [1.165, 1.54) is 34.1 Å². The van der Waals surface area contributed by atoms with Gasteiger partial charge in [0.1, 0.15) is 0 Å². The lowest BCUT2D eigenvalue weighted by atomic mass is 9.93. The lowest BCUT2D eigenvalue weighted by Crippen LogP contribution is -2.46. The number of rotatable bonds is 21. The summed E-state index contributed by atoms with van der Waals surface area (Å²) in [6.07, 6.45) is 2.77. The molecule has 0 aliphatic carbocycles. The van der Waals surface area contributed by atoms with E-state index in [1.807, 2.05) is 0 Å². The largest absolute Gasteiger partial charge is 0.337 e. The summed E-state index contributed by atoms with van der Waals surface area (Å²) < 4.78 is 0. The van der Waals surface area contributed by atoms with Crippen LogP contribution in [-0.4, -0.2) is 128 Å². The minimum atomic E-state index is -0.745. The second-order valence-corrected chi connectivity index (χ2v) is 17.3. The SMILES string of the molecule is C/C(=N\NC(=O)CCCCCN1C(=O)CCC1=O)c1ccc(C(=O)N(CCCNCCN2C(=O)c3cccc4cc([N+](=O)[O-])cc(c34)C2=O)CCN2C(=O)c3cccc4cc([N+](=O)[O-])cc(c34)C2=O)cc1. The molecule has 8 amide bonds. The predicted octanol–water partition coefficient (Wildman–Crippen LogP) is 5.37. The van der Waals surface area contributed by atoms with E-state index in [0.29, 0.717) is 71.6 Å². The number of nitrogens with one attached hydrogen (secondary N) is 2. The number of carbonyl (C=O) groups excluding carboxylic acids is 8. The maximum Gasteiger partial charge on any atom is 0.270 e. The molecule has 0 radical (unpaired) electrons. The molecule has 8 rings (SSSR count). The Bertz CT molecular complexity index is 3100. The standard InChI is InChI=1S/C50H47N9O12/c1-30(52-53-41(60)12-3-2-4-22-55-42(61)17-18-43(55)62)31-13-15-32(16-14-31)46(63)54(24-25-57-48(65)38-11-6-9-34-27-36(59(70)71)29-40(45(34)38)50(57)67)21-7-19-51-20-23-56-47(64)37-10-5-8-33-26-35(58(68)69)28-39(44(33)37)49(56)66/h5-6,8-11,13-16,26-29,51H,2-4,7,12,17-25H2,1H3,(H,53,60)/b52-30+. The van der Waals surface area contributed by atoms with Crippen LogP contribution in [-0.2, 0) is 14.4 Å². The second-order valence-electron chi connectivity index (χ2n) is 17.3. The van der Waals surface area contributed by atoms with Crippen LogP contribution in [0.3, 0.4) is 0 Å². The Morgan fingerprint density at radius 3 is 1.70 bits per heavy atom. The molecule has 1 fully saturated rings. The van der Waals surface area contributed by atoms with Gasteiger partial charge in [0.15, 0.2) is 0 Å². The van der Waals surface area contributed by atoms with Crippen LogP contribution in [0.5, 0.6) is 0 Å². The molecule has 3 aliphatic heterocycles. The number of likely N-dealkylation sites (tertiary alicyclic amines) is 1. The average molecular weight is 966 g/mol. The summed E-state index contributed by atoms with van der Waals surface area (Å²) in [6, 6.07) is 20.8. The van der Waals surface area contributed by atoms with E-state index < -0.39 is 39.4 Å². The summed E-state index contributed by atoms with van der Waals surface area (Å²) in [4.78, 5) is 132. The number of benzene rings is 5. The van der Waals surface area contributed by atoms with Crippen molar-refractivity contribution in [1.82, 2.24) is 30.3 Å². The number of nitrogens with zero attached hydrogens (tertiary/aromatic N) is 7. The minimum absolute atomic E-state index is 0.00949. The van der Waals surface area contributed by atoms with Gasteiger partial charge in [-0.2, -0.15) is 5.10 Å². The number of unbranched alkanes of at least 4 members (excludes halogenated alkanes) is 2. The van der Waals surface area contributed by atoms with Gasteiger partial charge in [-0.25, -0.2) is 5.43 Å². The van der Waals surface area contributed by atoms with E-state index in [-0.39, 0.29) is 109 Å². The van der Waals surface area contributed by atoms with Crippen molar-refractivity contribution in [3.8, 4) is 0 Å². The van der Waals surface area contributed by atoms with Crippen molar-refractivity contribution in [2.75, 3.05) is 45.8 Å². The molecule has 0 bridgehead atoms. The molecule has 3 heterocycles. The van der Waals surface area contributed by atoms with Crippen LogP contribution in [0.4, 0.5) is 11.4 Å². The third kappa shape index (κ3) is 10.3. The topological polar surface area (TPSA) is 272 Å². The zero-order chi connectivity index (χ0) is 50.5. The van der Waals surface area contributed by atoms with Crippen LogP contribution in [0.2, 0.25) is 0 Å². The first-order valence-electron chi connectivity index (χ1n) is 23.0. The zero-order valence-electron chi connectivity index (χ0n) is 38.5. The number of nitro benzene ring substituents is 2. The lowest BCUT2D eigenvalue weighted by Gasteiger charge is -2.30. The fraction of sp³-hybridized carbons (Fsp3) is 0.300. The van der Waals surface area contributed by atoms with E-state index in [9.17, 15) is 58.6 Å². The number of nitro groups is 2. The maximum atomic E-state index is 14.2. The van der Waals surface area contributed by atoms with Crippen LogP contribution >= 0.6 is 0 Å². The number of hydrogen-bond acceptors (Lipinski definition) is 14. The Morgan fingerprint density at radius 2 is 1.14 bits per heavy atom. The van der Waals surface area contributed by atoms with Crippen LogP contribution in [0.15, 0.2) is 90.0 Å². The van der Waals surface area contributed by atoms with Gasteiger partial charge in [0.2, 0.25) is 17.7 Å². The molecular formula is C50H47N9O12. The molecule has 5 aromatic carbocycles. The normalized spacial score (nSPS) is 14.5. The molecule has 21 nitrogen and oxygen atoms in total. The van der Waals surface area contributed by atoms with Gasteiger partial charge in [-0.15, -0.1) is 0 Å². The van der Waals surface area contributed by atoms with E-state index >= 15 is 0 Å². The minimum Gasteiger partial charge on any atom is -0.337 e. The first-order chi connectivity index (χ1) is 34.1. The highest BCUT2D eigenvalue weighted by Crippen LogP contribution is 2.35. The Morgan fingerprint density at radius 1 is 0.606 bits per heavy atom. The van der Waals surface area contributed by atoms with Gasteiger partial charge in [-0.1, -0.05) is 42.8 Å². The molecule has 364 valence electrons. The maximum absolute atomic E-state index is 14.2. The fourth-order valence-electron chi connectivity index (χ4n) is 9.06. The Hall–Kier alpha value is -8.59. The summed E-state index contributed by atoms with van der Waals surface area (Å²) in [5.41, 5.74) is 3.74. The Kier molecular flexibility index (Phi) is 14.4. The van der Waals surface area contributed by atoms with Crippen molar-refractivity contribution in [2.45, 2.75) is 51.9 Å². The lowest BCUT2D eigenvalue weighted by molar-refractivity contribution is -0.384. The monoisotopic (exact) mass is 965 g/mol. The first-order valence-corrected chi connectivity index (χ1v) is 23.0. The van der Waals surface area contributed by atoms with Gasteiger partial charge in [0.25, 0.3) is 40.9 Å². The molecule has 0 spiro atoms. The number of hydrazone groups is 1. The van der Waals surface area contributed by atoms with Crippen LogP contribution in [0.1, 0.15) is 109 Å². The van der Waals surface area contributed by atoms with Crippen molar-refractivity contribution in [3.05, 3.63) is 139 Å². The van der Waals surface area contributed by atoms with E-state index in [1.54, 1.807) is 61.5 Å². The molecule has 0 aromatic heterocycles. The highest BCUT2D eigenvalue weighted by molar-refractivity contribution is 6.27. The van der Waals surface area contributed by atoms with E-state index in [0.717, 1.165) is 15.9 Å².